The van der Waals surface area contributed by atoms with Crippen LogP contribution in [0.15, 0.2) is 47.4 Å². The fraction of sp³-hybridized carbons (Fsp3) is 0.333. The summed E-state index contributed by atoms with van der Waals surface area (Å²) in [6, 6.07) is 12.4. The summed E-state index contributed by atoms with van der Waals surface area (Å²) in [5.74, 6) is 0.347. The van der Waals surface area contributed by atoms with Crippen LogP contribution in [0.25, 0.3) is 10.2 Å². The van der Waals surface area contributed by atoms with Crippen molar-refractivity contribution < 1.29 is 13.2 Å². The summed E-state index contributed by atoms with van der Waals surface area (Å²) in [7, 11) is -3.69. The normalized spacial score (nSPS) is 15.3. The number of hydrogen-bond donors (Lipinski definition) is 2. The number of aromatic nitrogens is 1. The first-order chi connectivity index (χ1) is 13.9. The van der Waals surface area contributed by atoms with Gasteiger partial charge in [0.05, 0.1) is 20.8 Å². The van der Waals surface area contributed by atoms with Crippen LogP contribution in [0.3, 0.4) is 0 Å². The van der Waals surface area contributed by atoms with Crippen LogP contribution >= 0.6 is 11.3 Å². The summed E-state index contributed by atoms with van der Waals surface area (Å²) >= 11 is 1.34. The highest BCUT2D eigenvalue weighted by molar-refractivity contribution is 7.92. The van der Waals surface area contributed by atoms with Crippen molar-refractivity contribution >= 4 is 48.3 Å². The van der Waals surface area contributed by atoms with Crippen LogP contribution in [0.1, 0.15) is 50.5 Å². The highest BCUT2D eigenvalue weighted by Crippen LogP contribution is 2.33. The molecule has 1 aromatic heterocycles. The van der Waals surface area contributed by atoms with E-state index in [0.29, 0.717) is 22.3 Å². The molecule has 2 aromatic carbocycles. The summed E-state index contributed by atoms with van der Waals surface area (Å²) in [6.45, 7) is 1.42. The lowest BCUT2D eigenvalue weighted by Gasteiger charge is -2.22. The van der Waals surface area contributed by atoms with E-state index in [1.807, 2.05) is 12.1 Å². The van der Waals surface area contributed by atoms with E-state index < -0.39 is 10.0 Å². The average molecular weight is 430 g/mol. The molecular weight excluding hydrogens is 406 g/mol. The van der Waals surface area contributed by atoms with E-state index in [4.69, 9.17) is 0 Å². The highest BCUT2D eigenvalue weighted by Gasteiger charge is 2.18. The standard InChI is InChI=1S/C21H23N3O3S2/c1-14(25)22-21-23-19-13-17(9-12-20(19)28-21)24-29(26,27)18-10-7-16(8-11-18)15-5-3-2-4-6-15/h7-13,15,24H,2-6H2,1H3,(H,22,23,25). The van der Waals surface area contributed by atoms with Gasteiger partial charge in [-0.15, -0.1) is 0 Å². The molecule has 0 radical (unpaired) electrons. The van der Waals surface area contributed by atoms with Crippen molar-refractivity contribution in [3.63, 3.8) is 0 Å². The maximum absolute atomic E-state index is 12.8. The number of fused-ring (bicyclic) bond motifs is 1. The van der Waals surface area contributed by atoms with Crippen molar-refractivity contribution in [3.8, 4) is 0 Å². The Morgan fingerprint density at radius 3 is 2.48 bits per heavy atom. The number of thiazole rings is 1. The first-order valence-electron chi connectivity index (χ1n) is 9.72. The monoisotopic (exact) mass is 429 g/mol. The molecule has 8 heteroatoms. The molecule has 1 aliphatic rings. The van der Waals surface area contributed by atoms with Crippen LogP contribution in [0.2, 0.25) is 0 Å². The van der Waals surface area contributed by atoms with E-state index in [0.717, 1.165) is 4.70 Å². The van der Waals surface area contributed by atoms with Gasteiger partial charge in [0.1, 0.15) is 0 Å². The number of sulfonamides is 1. The second-order valence-corrected chi connectivity index (χ2v) is 10.1. The second kappa shape index (κ2) is 8.12. The highest BCUT2D eigenvalue weighted by atomic mass is 32.2. The van der Waals surface area contributed by atoms with Crippen LogP contribution in [0, 0.1) is 0 Å². The SMILES string of the molecule is CC(=O)Nc1nc2cc(NS(=O)(=O)c3ccc(C4CCCCC4)cc3)ccc2s1. The number of amides is 1. The van der Waals surface area contributed by atoms with Crippen LogP contribution in [-0.4, -0.2) is 19.3 Å². The largest absolute Gasteiger partial charge is 0.302 e. The molecule has 1 aliphatic carbocycles. The predicted octanol–water partition coefficient (Wildman–Crippen LogP) is 5.10. The van der Waals surface area contributed by atoms with Gasteiger partial charge >= 0.3 is 0 Å². The van der Waals surface area contributed by atoms with Crippen LogP contribution < -0.4 is 10.0 Å². The molecule has 0 unspecified atom stereocenters. The number of carbonyl (C=O) groups is 1. The van der Waals surface area contributed by atoms with Crippen LogP contribution in [-0.2, 0) is 14.8 Å². The molecule has 0 bridgehead atoms. The third-order valence-electron chi connectivity index (χ3n) is 5.19. The average Bonchev–Trinajstić information content (AvgIpc) is 3.09. The summed E-state index contributed by atoms with van der Waals surface area (Å²) in [5.41, 5.74) is 2.29. The summed E-state index contributed by atoms with van der Waals surface area (Å²) in [6.07, 6.45) is 6.14. The molecule has 6 nitrogen and oxygen atoms in total. The zero-order chi connectivity index (χ0) is 20.4. The molecule has 0 aliphatic heterocycles. The lowest BCUT2D eigenvalue weighted by molar-refractivity contribution is -0.114. The first kappa shape index (κ1) is 19.8. The molecule has 0 saturated heterocycles. The zero-order valence-corrected chi connectivity index (χ0v) is 17.8. The van der Waals surface area contributed by atoms with Gasteiger partial charge in [0.15, 0.2) is 5.13 Å². The van der Waals surface area contributed by atoms with Gasteiger partial charge in [-0.1, -0.05) is 42.7 Å². The first-order valence-corrected chi connectivity index (χ1v) is 12.0. The molecule has 152 valence electrons. The molecule has 0 atom stereocenters. The number of hydrogen-bond acceptors (Lipinski definition) is 5. The maximum Gasteiger partial charge on any atom is 0.261 e. The van der Waals surface area contributed by atoms with Crippen molar-refractivity contribution in [1.29, 1.82) is 0 Å². The van der Waals surface area contributed by atoms with Crippen LogP contribution in [0.5, 0.6) is 0 Å². The Morgan fingerprint density at radius 2 is 1.79 bits per heavy atom. The van der Waals surface area contributed by atoms with E-state index in [2.05, 4.69) is 15.0 Å². The number of carbonyl (C=O) groups excluding carboxylic acids is 1. The van der Waals surface area contributed by atoms with E-state index in [-0.39, 0.29) is 10.8 Å². The van der Waals surface area contributed by atoms with Gasteiger partial charge in [0.25, 0.3) is 10.0 Å². The summed E-state index contributed by atoms with van der Waals surface area (Å²) in [4.78, 5) is 15.8. The fourth-order valence-corrected chi connectivity index (χ4v) is 5.71. The number of nitrogens with zero attached hydrogens (tertiary/aromatic N) is 1. The minimum absolute atomic E-state index is 0.193. The van der Waals surface area contributed by atoms with Crippen molar-refractivity contribution in [3.05, 3.63) is 48.0 Å². The Kier molecular flexibility index (Phi) is 5.56. The van der Waals surface area contributed by atoms with Gasteiger partial charge in [-0.05, 0) is 54.7 Å². The zero-order valence-electron chi connectivity index (χ0n) is 16.1. The quantitative estimate of drug-likeness (QED) is 0.590. The van der Waals surface area contributed by atoms with E-state index >= 15 is 0 Å². The molecule has 0 spiro atoms. The van der Waals surface area contributed by atoms with E-state index in [1.165, 1.54) is 55.9 Å². The van der Waals surface area contributed by atoms with Crippen molar-refractivity contribution in [2.24, 2.45) is 0 Å². The second-order valence-electron chi connectivity index (χ2n) is 7.39. The van der Waals surface area contributed by atoms with Gasteiger partial charge < -0.3 is 5.32 Å². The molecule has 1 fully saturated rings. The predicted molar refractivity (Wildman–Crippen MR) is 117 cm³/mol. The minimum Gasteiger partial charge on any atom is -0.302 e. The van der Waals surface area contributed by atoms with Gasteiger partial charge in [-0.25, -0.2) is 13.4 Å². The number of benzene rings is 2. The molecule has 1 heterocycles. The molecule has 29 heavy (non-hydrogen) atoms. The van der Waals surface area contributed by atoms with Crippen molar-refractivity contribution in [2.75, 3.05) is 10.0 Å². The van der Waals surface area contributed by atoms with E-state index in [1.54, 1.807) is 30.3 Å². The molecular formula is C21H23N3O3S2. The Hall–Kier alpha value is -2.45. The summed E-state index contributed by atoms with van der Waals surface area (Å²) < 4.78 is 29.1. The lowest BCUT2D eigenvalue weighted by Crippen LogP contribution is -2.13. The third-order valence-corrected chi connectivity index (χ3v) is 7.54. The van der Waals surface area contributed by atoms with Crippen molar-refractivity contribution in [1.82, 2.24) is 4.98 Å². The molecule has 4 rings (SSSR count). The van der Waals surface area contributed by atoms with Gasteiger partial charge in [0, 0.05) is 6.92 Å². The number of anilines is 2. The molecule has 1 amide bonds. The van der Waals surface area contributed by atoms with Crippen LogP contribution in [0.4, 0.5) is 10.8 Å². The Morgan fingerprint density at radius 1 is 1.07 bits per heavy atom. The van der Waals surface area contributed by atoms with Gasteiger partial charge in [0.2, 0.25) is 5.91 Å². The molecule has 3 aromatic rings. The van der Waals surface area contributed by atoms with Gasteiger partial charge in [-0.3, -0.25) is 9.52 Å². The fourth-order valence-electron chi connectivity index (χ4n) is 3.76. The Bertz CT molecular complexity index is 1130. The number of nitrogens with one attached hydrogen (secondary N) is 2. The molecule has 2 N–H and O–H groups in total. The smallest absolute Gasteiger partial charge is 0.261 e. The Balaban J connectivity index is 1.52. The topological polar surface area (TPSA) is 88.2 Å². The van der Waals surface area contributed by atoms with E-state index in [9.17, 15) is 13.2 Å². The summed E-state index contributed by atoms with van der Waals surface area (Å²) in [5, 5.41) is 3.14. The van der Waals surface area contributed by atoms with Crippen molar-refractivity contribution in [2.45, 2.75) is 49.8 Å². The Labute approximate surface area is 174 Å². The minimum atomic E-state index is -3.69. The van der Waals surface area contributed by atoms with Gasteiger partial charge in [-0.2, -0.15) is 0 Å². The third kappa shape index (κ3) is 4.59. The molecule has 1 saturated carbocycles. The maximum atomic E-state index is 12.8. The lowest BCUT2D eigenvalue weighted by atomic mass is 9.84. The number of rotatable bonds is 5.